The number of aromatic nitrogens is 4. The Morgan fingerprint density at radius 1 is 0.487 bits per heavy atom. The molecule has 6 heterocycles. The summed E-state index contributed by atoms with van der Waals surface area (Å²) in [5.41, 5.74) is 14.2. The van der Waals surface area contributed by atoms with E-state index in [0.717, 1.165) is 124 Å². The molecule has 14 heteroatoms. The van der Waals surface area contributed by atoms with Gasteiger partial charge in [0.25, 0.3) is 0 Å². The minimum atomic E-state index is -0.492. The van der Waals surface area contributed by atoms with Gasteiger partial charge in [0, 0.05) is 25.2 Å². The van der Waals surface area contributed by atoms with Crippen LogP contribution in [0.3, 0.4) is 0 Å². The molecule has 4 amide bonds. The lowest BCUT2D eigenvalue weighted by atomic mass is 9.84. The van der Waals surface area contributed by atoms with Crippen molar-refractivity contribution in [3.05, 3.63) is 131 Å². The van der Waals surface area contributed by atoms with Gasteiger partial charge in [-0.1, -0.05) is 111 Å². The van der Waals surface area contributed by atoms with E-state index in [1.807, 2.05) is 12.4 Å². The molecular weight excluding hydrogens is 977 g/mol. The third kappa shape index (κ3) is 9.25. The summed E-state index contributed by atoms with van der Waals surface area (Å²) in [5.74, 6) is 2.58. The number of methoxy groups -OCH3 is 2. The molecule has 4 saturated heterocycles. The molecule has 0 spiro atoms. The van der Waals surface area contributed by atoms with E-state index in [1.165, 1.54) is 71.6 Å². The van der Waals surface area contributed by atoms with Crippen molar-refractivity contribution in [1.82, 2.24) is 39.5 Å². The predicted octanol–water partition coefficient (Wildman–Crippen LogP) is 11.8. The van der Waals surface area contributed by atoms with Crippen LogP contribution in [0, 0.1) is 11.8 Å². The Hall–Kier alpha value is -7.22. The first-order chi connectivity index (χ1) is 38.2. The van der Waals surface area contributed by atoms with Gasteiger partial charge in [0.15, 0.2) is 0 Å². The van der Waals surface area contributed by atoms with E-state index < -0.39 is 24.3 Å². The first-order valence-corrected chi connectivity index (χ1v) is 29.1. The van der Waals surface area contributed by atoms with Crippen LogP contribution in [0.4, 0.5) is 9.59 Å². The van der Waals surface area contributed by atoms with Crippen LogP contribution in [-0.2, 0) is 44.7 Å². The molecule has 6 fully saturated rings. The zero-order valence-corrected chi connectivity index (χ0v) is 45.1. The summed E-state index contributed by atoms with van der Waals surface area (Å²) in [7, 11) is 2.78. The number of imidazole rings is 2. The number of benzene rings is 4. The van der Waals surface area contributed by atoms with Gasteiger partial charge in [0.1, 0.15) is 23.7 Å². The second kappa shape index (κ2) is 21.2. The molecule has 4 bridgehead atoms. The summed E-state index contributed by atoms with van der Waals surface area (Å²) in [6.07, 6.45) is 20.1. The largest absolute Gasteiger partial charge is 0.453 e. The van der Waals surface area contributed by atoms with Gasteiger partial charge in [0.2, 0.25) is 11.8 Å². The number of aromatic amines is 2. The third-order valence-electron chi connectivity index (χ3n) is 19.1. The van der Waals surface area contributed by atoms with E-state index >= 15 is 0 Å². The van der Waals surface area contributed by atoms with Crippen molar-refractivity contribution in [2.24, 2.45) is 11.8 Å². The van der Waals surface area contributed by atoms with E-state index in [0.29, 0.717) is 37.8 Å². The average Bonchev–Trinajstić information content (AvgIpc) is 4.40. The Kier molecular flexibility index (Phi) is 13.7. The second-order valence-electron chi connectivity index (χ2n) is 23.4. The molecule has 0 radical (unpaired) electrons. The lowest BCUT2D eigenvalue weighted by Gasteiger charge is -2.36. The maximum Gasteiger partial charge on any atom is 0.410 e. The number of nitrogens with zero attached hydrogens (tertiary/aromatic N) is 6. The molecule has 8 unspecified atom stereocenters. The zero-order valence-electron chi connectivity index (χ0n) is 45.1. The molecule has 6 aliphatic carbocycles. The quantitative estimate of drug-likeness (QED) is 0.153. The summed E-state index contributed by atoms with van der Waals surface area (Å²) in [4.78, 5) is 78.9. The number of nitrogens with one attached hydrogen (secondary N) is 2. The summed E-state index contributed by atoms with van der Waals surface area (Å²) >= 11 is 0. The fraction of sp³-hybridized carbons (Fsp3) is 0.469. The highest BCUT2D eigenvalue weighted by Crippen LogP contribution is 2.49. The highest BCUT2D eigenvalue weighted by Gasteiger charge is 2.51. The number of hydrogen-bond donors (Lipinski definition) is 2. The Morgan fingerprint density at radius 2 is 0.897 bits per heavy atom. The molecule has 4 aliphatic heterocycles. The number of likely N-dealkylation sites (tertiary alicyclic amines) is 4. The van der Waals surface area contributed by atoms with Crippen molar-refractivity contribution in [2.75, 3.05) is 27.3 Å². The lowest BCUT2D eigenvalue weighted by molar-refractivity contribution is -0.140. The Morgan fingerprint density at radius 3 is 1.32 bits per heavy atom. The van der Waals surface area contributed by atoms with Crippen LogP contribution in [0.5, 0.6) is 0 Å². The van der Waals surface area contributed by atoms with Crippen LogP contribution >= 0.6 is 0 Å². The summed E-state index contributed by atoms with van der Waals surface area (Å²) < 4.78 is 10.2. The van der Waals surface area contributed by atoms with E-state index in [2.05, 4.69) is 105 Å². The van der Waals surface area contributed by atoms with Crippen molar-refractivity contribution in [3.63, 3.8) is 0 Å². The number of amides is 4. The highest BCUT2D eigenvalue weighted by molar-refractivity contribution is 5.88. The Labute approximate surface area is 457 Å². The number of rotatable bonds is 8. The Bertz CT molecular complexity index is 3010. The first-order valence-electron chi connectivity index (χ1n) is 29.1. The standard InChI is InChI=1S/C64H72N8O6/c1-77-63(75)69-31-7-13-55(69)61(73)71-53-11-5-3-9-47(53)35-57(71)59-65-37-51(67-59)45-27-23-43(24-28-45)49-33-39-15-19-41(49)21-17-40-16-20-42(22-18-39)50(34-40)44-25-29-46(30-26-44)52-38-66-60(68-52)58-36-48-10-4-6-12-54(48)72(58)62(74)56-14-8-32-70(56)64(76)78-2/h15-16,19-20,23-30,33-34,37-38,47-48,53-58H,3-14,17-18,21-22,31-32,35-36H2,1-2H3,(H,65,67)(H,66,68). The predicted molar refractivity (Wildman–Crippen MR) is 298 cm³/mol. The summed E-state index contributed by atoms with van der Waals surface area (Å²) in [6, 6.07) is 30.8. The monoisotopic (exact) mass is 1050 g/mol. The fourth-order valence-corrected chi connectivity index (χ4v) is 15.2. The molecule has 2 saturated carbocycles. The van der Waals surface area contributed by atoms with Crippen LogP contribution in [0.25, 0.3) is 44.8 Å². The number of hydrogen-bond acceptors (Lipinski definition) is 8. The first kappa shape index (κ1) is 50.3. The van der Waals surface area contributed by atoms with Crippen LogP contribution in [0.2, 0.25) is 0 Å². The van der Waals surface area contributed by atoms with Crippen LogP contribution in [0.1, 0.15) is 136 Å². The number of carbonyl (C=O) groups is 4. The van der Waals surface area contributed by atoms with E-state index in [9.17, 15) is 19.2 Å². The van der Waals surface area contributed by atoms with Crippen molar-refractivity contribution in [3.8, 4) is 44.8 Å². The van der Waals surface area contributed by atoms with Gasteiger partial charge in [0.05, 0.1) is 50.1 Å². The van der Waals surface area contributed by atoms with Gasteiger partial charge >= 0.3 is 12.2 Å². The zero-order chi connectivity index (χ0) is 53.0. The van der Waals surface area contributed by atoms with Crippen molar-refractivity contribution < 1.29 is 28.7 Å². The average molecular weight is 1050 g/mol. The van der Waals surface area contributed by atoms with Crippen LogP contribution in [-0.4, -0.2) is 115 Å². The van der Waals surface area contributed by atoms with Crippen molar-refractivity contribution >= 4 is 24.0 Å². The molecule has 4 aromatic carbocycles. The molecule has 404 valence electrons. The molecule has 78 heavy (non-hydrogen) atoms. The van der Waals surface area contributed by atoms with E-state index in [4.69, 9.17) is 19.4 Å². The lowest BCUT2D eigenvalue weighted by Crippen LogP contribution is -2.51. The smallest absolute Gasteiger partial charge is 0.410 e. The van der Waals surface area contributed by atoms with Gasteiger partial charge in [-0.05, 0) is 157 Å². The number of aryl methyl sites for hydroxylation is 4. The molecule has 6 aromatic rings. The number of ether oxygens (including phenoxy) is 2. The normalized spacial score (nSPS) is 25.7. The molecule has 2 N–H and O–H groups in total. The van der Waals surface area contributed by atoms with Crippen LogP contribution < -0.4 is 0 Å². The van der Waals surface area contributed by atoms with Gasteiger partial charge < -0.3 is 29.2 Å². The molecular formula is C64H72N8O6. The van der Waals surface area contributed by atoms with E-state index in [1.54, 1.807) is 9.80 Å². The molecule has 14 nitrogen and oxygen atoms in total. The SMILES string of the molecule is COC(=O)N1CCCC1C(=O)N1C(c2ncc(-c3ccc(-c4cc5ccc4CCc4ccc(c(-c6ccc(-c7cnc(C8CC9CCCCC9N8C(=O)C8CCCN8C(=O)OC)[nH]7)cc6)c4)CC5)cc3)[nH]2)CC2CCCCC21. The minimum absolute atomic E-state index is 0.0325. The van der Waals surface area contributed by atoms with Gasteiger partial charge in [-0.3, -0.25) is 19.4 Å². The van der Waals surface area contributed by atoms with Crippen molar-refractivity contribution in [1.29, 1.82) is 0 Å². The maximum absolute atomic E-state index is 14.4. The summed E-state index contributed by atoms with van der Waals surface area (Å²) in [6.45, 7) is 1.09. The summed E-state index contributed by atoms with van der Waals surface area (Å²) in [5, 5.41) is 0. The maximum atomic E-state index is 14.4. The molecule has 2 aromatic heterocycles. The minimum Gasteiger partial charge on any atom is -0.453 e. The van der Waals surface area contributed by atoms with Gasteiger partial charge in [-0.2, -0.15) is 0 Å². The molecule has 16 rings (SSSR count). The Balaban J connectivity index is 0.698. The number of fused-ring (bicyclic) bond motifs is 2. The van der Waals surface area contributed by atoms with Gasteiger partial charge in [-0.25, -0.2) is 19.6 Å². The van der Waals surface area contributed by atoms with Gasteiger partial charge in [-0.15, -0.1) is 0 Å². The van der Waals surface area contributed by atoms with E-state index in [-0.39, 0.29) is 36.0 Å². The third-order valence-corrected chi connectivity index (χ3v) is 19.1. The number of H-pyrrole nitrogens is 2. The fourth-order valence-electron chi connectivity index (χ4n) is 15.2. The molecule has 10 aliphatic rings. The highest BCUT2D eigenvalue weighted by atomic mass is 16.5. The van der Waals surface area contributed by atoms with Crippen LogP contribution in [0.15, 0.2) is 97.3 Å². The second-order valence-corrected chi connectivity index (χ2v) is 23.4. The number of carbonyl (C=O) groups excluding carboxylic acids is 4. The molecule has 8 atom stereocenters. The van der Waals surface area contributed by atoms with Crippen molar-refractivity contribution in [2.45, 2.75) is 152 Å². The topological polar surface area (TPSA) is 157 Å².